The van der Waals surface area contributed by atoms with Gasteiger partial charge in [0, 0.05) is 13.0 Å². The van der Waals surface area contributed by atoms with E-state index in [1.165, 1.54) is 0 Å². The minimum absolute atomic E-state index is 0.0320. The molecule has 1 heterocycles. The fourth-order valence-electron chi connectivity index (χ4n) is 6.52. The third-order valence-corrected chi connectivity index (χ3v) is 9.55. The Morgan fingerprint density at radius 2 is 1.32 bits per heavy atom. The van der Waals surface area contributed by atoms with Crippen LogP contribution in [0.3, 0.4) is 0 Å². The number of nitrogens with one attached hydrogen (secondary N) is 7. The second kappa shape index (κ2) is 26.7. The maximum Gasteiger partial charge on any atom is 0.326 e. The summed E-state index contributed by atoms with van der Waals surface area (Å²) in [7, 11) is 0. The van der Waals surface area contributed by atoms with Crippen LogP contribution < -0.4 is 54.4 Å². The summed E-state index contributed by atoms with van der Waals surface area (Å²) >= 11 is 0. The molecule has 59 heavy (non-hydrogen) atoms. The second-order valence-corrected chi connectivity index (χ2v) is 15.8. The number of carboxylic acid groups (broad SMARTS) is 1. The predicted molar refractivity (Wildman–Crippen MR) is 223 cm³/mol. The van der Waals surface area contributed by atoms with E-state index >= 15 is 0 Å². The average Bonchev–Trinajstić information content (AvgIpc) is 3.72. The minimum atomic E-state index is -1.21. The standard InChI is InChI=1S/C40H67N11O8/c1-24(2)20-30(49-35(54)27-15-10-18-44-27)34(53)46-23-33(52)47-28(16-11-19-45-40(42)43)36(55)48-29(14-8-9-17-41)37(56)50-31(22-26-12-6-5-7-13-26)38(57)51-32(39(58)59)21-25(3)4/h5-7,12-13,24-25,27-32,44H,8-11,14-23,41H2,1-4H3,(H,46,53)(H,47,52)(H,48,55)(H,49,54)(H,50,56)(H,51,57)(H,58,59)(H4,42,43,45)/t27-,28-,29-,30-,31-,32-/m0/s1. The maximum absolute atomic E-state index is 14.0. The van der Waals surface area contributed by atoms with E-state index in [1.54, 1.807) is 30.3 Å². The van der Waals surface area contributed by atoms with Gasteiger partial charge in [-0.2, -0.15) is 0 Å². The van der Waals surface area contributed by atoms with Crippen molar-refractivity contribution in [2.45, 2.75) is 128 Å². The number of benzene rings is 1. The normalized spacial score (nSPS) is 16.2. The van der Waals surface area contributed by atoms with Crippen LogP contribution in [0.2, 0.25) is 0 Å². The van der Waals surface area contributed by atoms with Crippen molar-refractivity contribution in [2.24, 2.45) is 34.0 Å². The molecule has 14 N–H and O–H groups in total. The fourth-order valence-corrected chi connectivity index (χ4v) is 6.52. The summed E-state index contributed by atoms with van der Waals surface area (Å²) in [6.07, 6.45) is 3.42. The lowest BCUT2D eigenvalue weighted by Crippen LogP contribution is -2.58. The Morgan fingerprint density at radius 1 is 0.746 bits per heavy atom. The lowest BCUT2D eigenvalue weighted by Gasteiger charge is -2.26. The van der Waals surface area contributed by atoms with E-state index in [4.69, 9.17) is 17.2 Å². The molecule has 330 valence electrons. The van der Waals surface area contributed by atoms with Gasteiger partial charge in [0.1, 0.15) is 30.2 Å². The first kappa shape index (κ1) is 49.8. The number of carboxylic acids is 1. The highest BCUT2D eigenvalue weighted by Gasteiger charge is 2.32. The molecule has 6 amide bonds. The van der Waals surface area contributed by atoms with Crippen LogP contribution in [-0.2, 0) is 40.0 Å². The zero-order valence-corrected chi connectivity index (χ0v) is 34.9. The number of hydrogen-bond donors (Lipinski definition) is 11. The summed E-state index contributed by atoms with van der Waals surface area (Å²) in [6, 6.07) is 2.80. The number of guanidine groups is 1. The summed E-state index contributed by atoms with van der Waals surface area (Å²) in [5.74, 6) is -5.04. The van der Waals surface area contributed by atoms with Gasteiger partial charge in [0.2, 0.25) is 35.4 Å². The lowest BCUT2D eigenvalue weighted by atomic mass is 10.0. The smallest absolute Gasteiger partial charge is 0.326 e. The van der Waals surface area contributed by atoms with Gasteiger partial charge in [0.15, 0.2) is 5.96 Å². The number of nitrogens with two attached hydrogens (primary N) is 3. The van der Waals surface area contributed by atoms with Crippen molar-refractivity contribution < 1.29 is 38.7 Å². The van der Waals surface area contributed by atoms with Gasteiger partial charge in [0.25, 0.3) is 0 Å². The Balaban J connectivity index is 2.27. The Hall–Kier alpha value is -5.30. The van der Waals surface area contributed by atoms with Crippen molar-refractivity contribution in [3.05, 3.63) is 35.9 Å². The van der Waals surface area contributed by atoms with Gasteiger partial charge >= 0.3 is 5.97 Å². The monoisotopic (exact) mass is 830 g/mol. The molecular formula is C40H67N11O8. The van der Waals surface area contributed by atoms with Gasteiger partial charge in [-0.15, -0.1) is 0 Å². The molecule has 1 fully saturated rings. The van der Waals surface area contributed by atoms with Crippen molar-refractivity contribution in [1.82, 2.24) is 37.2 Å². The zero-order valence-electron chi connectivity index (χ0n) is 34.9. The molecule has 2 rings (SSSR count). The average molecular weight is 830 g/mol. The first-order valence-corrected chi connectivity index (χ1v) is 20.5. The Labute approximate surface area is 347 Å². The first-order valence-electron chi connectivity index (χ1n) is 20.5. The quantitative estimate of drug-likeness (QED) is 0.0286. The van der Waals surface area contributed by atoms with Crippen LogP contribution in [0, 0.1) is 11.8 Å². The summed E-state index contributed by atoms with van der Waals surface area (Å²) in [5, 5.41) is 28.9. The van der Waals surface area contributed by atoms with Gasteiger partial charge < -0.3 is 59.5 Å². The van der Waals surface area contributed by atoms with E-state index in [2.05, 4.69) is 42.2 Å². The summed E-state index contributed by atoms with van der Waals surface area (Å²) in [5.41, 5.74) is 17.4. The van der Waals surface area contributed by atoms with E-state index in [1.807, 2.05) is 27.7 Å². The lowest BCUT2D eigenvalue weighted by molar-refractivity contribution is -0.142. The van der Waals surface area contributed by atoms with Crippen molar-refractivity contribution >= 4 is 47.4 Å². The van der Waals surface area contributed by atoms with Crippen molar-refractivity contribution in [2.75, 3.05) is 26.2 Å². The number of hydrogen-bond acceptors (Lipinski definition) is 10. The van der Waals surface area contributed by atoms with Crippen molar-refractivity contribution in [1.29, 1.82) is 0 Å². The molecule has 0 radical (unpaired) electrons. The molecule has 1 aromatic carbocycles. The highest BCUT2D eigenvalue weighted by molar-refractivity contribution is 5.96. The Kier molecular flexibility index (Phi) is 22.5. The molecule has 1 saturated heterocycles. The number of unbranched alkanes of at least 4 members (excludes halogenated alkanes) is 1. The summed E-state index contributed by atoms with van der Waals surface area (Å²) in [6.45, 7) is 8.12. The van der Waals surface area contributed by atoms with Crippen LogP contribution in [0.5, 0.6) is 0 Å². The SMILES string of the molecule is CC(C)C[C@H](NC(=O)[C@H](Cc1ccccc1)NC(=O)[C@H](CCCCN)NC(=O)[C@H](CCCN=C(N)N)NC(=O)CNC(=O)[C@H](CC(C)C)NC(=O)[C@@H]1CCCN1)C(=O)O. The number of carbonyl (C=O) groups excluding carboxylic acids is 6. The van der Waals surface area contributed by atoms with Crippen molar-refractivity contribution in [3.8, 4) is 0 Å². The minimum Gasteiger partial charge on any atom is -0.480 e. The van der Waals surface area contributed by atoms with Gasteiger partial charge in [-0.1, -0.05) is 58.0 Å². The number of aliphatic carboxylic acids is 1. The van der Waals surface area contributed by atoms with Gasteiger partial charge in [0.05, 0.1) is 12.6 Å². The molecule has 1 aliphatic heterocycles. The highest BCUT2D eigenvalue weighted by atomic mass is 16.4. The second-order valence-electron chi connectivity index (χ2n) is 15.8. The molecule has 0 saturated carbocycles. The topological polar surface area (TPSA) is 314 Å². The van der Waals surface area contributed by atoms with Crippen LogP contribution in [0.15, 0.2) is 35.3 Å². The maximum atomic E-state index is 14.0. The third kappa shape index (κ3) is 19.8. The summed E-state index contributed by atoms with van der Waals surface area (Å²) < 4.78 is 0. The van der Waals surface area contributed by atoms with Crippen LogP contribution in [0.25, 0.3) is 0 Å². The fraction of sp³-hybridized carbons (Fsp3) is 0.650. The molecular weight excluding hydrogens is 763 g/mol. The van der Waals surface area contributed by atoms with Gasteiger partial charge in [-0.05, 0) is 88.3 Å². The largest absolute Gasteiger partial charge is 0.480 e. The molecule has 19 heteroatoms. The van der Waals surface area contributed by atoms with Crippen LogP contribution in [0.4, 0.5) is 0 Å². The molecule has 1 aromatic rings. The molecule has 6 atom stereocenters. The highest BCUT2D eigenvalue weighted by Crippen LogP contribution is 2.12. The Morgan fingerprint density at radius 3 is 1.90 bits per heavy atom. The molecule has 0 unspecified atom stereocenters. The third-order valence-electron chi connectivity index (χ3n) is 9.55. The Bertz CT molecular complexity index is 1550. The zero-order chi connectivity index (χ0) is 43.9. The van der Waals surface area contributed by atoms with Gasteiger partial charge in [-0.25, -0.2) is 4.79 Å². The molecule has 0 aliphatic carbocycles. The summed E-state index contributed by atoms with van der Waals surface area (Å²) in [4.78, 5) is 96.7. The number of carbonyl (C=O) groups is 7. The van der Waals surface area contributed by atoms with E-state index < -0.39 is 78.3 Å². The predicted octanol–water partition coefficient (Wildman–Crippen LogP) is -1.12. The van der Waals surface area contributed by atoms with Crippen molar-refractivity contribution in [3.63, 3.8) is 0 Å². The molecule has 19 nitrogen and oxygen atoms in total. The number of nitrogens with zero attached hydrogens (tertiary/aromatic N) is 1. The van der Waals surface area contributed by atoms with Gasteiger partial charge in [-0.3, -0.25) is 33.8 Å². The van der Waals surface area contributed by atoms with Crippen LogP contribution >= 0.6 is 0 Å². The first-order chi connectivity index (χ1) is 28.0. The molecule has 0 aromatic heterocycles. The van der Waals surface area contributed by atoms with E-state index in [0.717, 1.165) is 6.42 Å². The number of aliphatic imine (C=N–C) groups is 1. The van der Waals surface area contributed by atoms with Crippen LogP contribution in [-0.4, -0.2) is 115 Å². The number of amides is 6. The van der Waals surface area contributed by atoms with E-state index in [0.29, 0.717) is 44.3 Å². The molecule has 0 bridgehead atoms. The van der Waals surface area contributed by atoms with E-state index in [-0.39, 0.29) is 62.4 Å². The molecule has 0 spiro atoms. The molecule has 1 aliphatic rings. The van der Waals surface area contributed by atoms with E-state index in [9.17, 15) is 38.7 Å². The van der Waals surface area contributed by atoms with Crippen LogP contribution in [0.1, 0.15) is 91.0 Å². The number of rotatable bonds is 27.